The van der Waals surface area contributed by atoms with Crippen LogP contribution in [0.15, 0.2) is 0 Å². The lowest BCUT2D eigenvalue weighted by atomic mass is 10.2. The number of hydrogen-bond acceptors (Lipinski definition) is 4. The summed E-state index contributed by atoms with van der Waals surface area (Å²) in [7, 11) is 1.40. The molecule has 1 aromatic rings. The highest BCUT2D eigenvalue weighted by molar-refractivity contribution is 7.11. The molecule has 14 heavy (non-hydrogen) atoms. The average Bonchev–Trinajstić information content (AvgIpc) is 2.45. The minimum Gasteiger partial charge on any atom is -0.478 e. The molecule has 0 aliphatic carbocycles. The topological polar surface area (TPSA) is 96.5 Å². The summed E-state index contributed by atoms with van der Waals surface area (Å²) in [6, 6.07) is -0.712. The third kappa shape index (κ3) is 1.67. The van der Waals surface area contributed by atoms with E-state index < -0.39 is 12.0 Å². The van der Waals surface area contributed by atoms with E-state index in [0.29, 0.717) is 5.69 Å². The number of nitrogens with zero attached hydrogens (tertiary/aromatic N) is 2. The molecule has 2 amide bonds. The molecule has 0 aliphatic rings. The number of carbonyl (C=O) groups is 2. The molecule has 3 N–H and O–H groups in total. The van der Waals surface area contributed by atoms with Crippen molar-refractivity contribution in [3.63, 3.8) is 0 Å². The number of urea groups is 1. The van der Waals surface area contributed by atoms with E-state index in [-0.39, 0.29) is 10.6 Å². The monoisotopic (exact) mass is 215 g/mol. The summed E-state index contributed by atoms with van der Waals surface area (Å²) in [5.74, 6) is -1.11. The van der Waals surface area contributed by atoms with Crippen LogP contribution in [0, 0.1) is 6.92 Å². The minimum atomic E-state index is -1.11. The van der Waals surface area contributed by atoms with Gasteiger partial charge in [0.15, 0.2) is 0 Å². The number of rotatable bonds is 2. The molecule has 0 bridgehead atoms. The molecule has 0 fully saturated rings. The Hall–Kier alpha value is -1.63. The smallest absolute Gasteiger partial charge is 0.340 e. The molecule has 76 valence electrons. The van der Waals surface area contributed by atoms with E-state index in [2.05, 4.69) is 4.37 Å². The Kier molecular flexibility index (Phi) is 2.70. The van der Waals surface area contributed by atoms with Gasteiger partial charge in [-0.3, -0.25) is 4.90 Å². The Bertz CT molecular complexity index is 388. The van der Waals surface area contributed by atoms with Gasteiger partial charge in [0.25, 0.3) is 0 Å². The summed E-state index contributed by atoms with van der Waals surface area (Å²) in [6.07, 6.45) is 0. The van der Waals surface area contributed by atoms with E-state index in [0.717, 1.165) is 16.4 Å². The van der Waals surface area contributed by atoms with E-state index in [4.69, 9.17) is 10.8 Å². The van der Waals surface area contributed by atoms with Crippen LogP contribution in [0.3, 0.4) is 0 Å². The second-order valence-corrected chi connectivity index (χ2v) is 3.40. The van der Waals surface area contributed by atoms with Crippen LogP contribution in [0.2, 0.25) is 0 Å². The maximum Gasteiger partial charge on any atom is 0.340 e. The molecule has 0 radical (unpaired) electrons. The Balaban J connectivity index is 3.22. The zero-order valence-electron chi connectivity index (χ0n) is 7.64. The normalized spacial score (nSPS) is 9.86. The number of aromatic carboxylic acids is 1. The number of aromatic nitrogens is 1. The largest absolute Gasteiger partial charge is 0.478 e. The number of carboxylic acid groups (broad SMARTS) is 1. The van der Waals surface area contributed by atoms with Crippen LogP contribution in [0.1, 0.15) is 16.1 Å². The van der Waals surface area contributed by atoms with Gasteiger partial charge in [0.05, 0.1) is 5.69 Å². The van der Waals surface area contributed by atoms with Gasteiger partial charge in [-0.25, -0.2) is 9.59 Å². The van der Waals surface area contributed by atoms with Crippen LogP contribution in [-0.4, -0.2) is 28.5 Å². The fourth-order valence-electron chi connectivity index (χ4n) is 0.933. The van der Waals surface area contributed by atoms with Crippen LogP contribution < -0.4 is 10.6 Å². The first-order valence-electron chi connectivity index (χ1n) is 3.68. The van der Waals surface area contributed by atoms with Gasteiger partial charge in [-0.05, 0) is 18.5 Å². The maximum atomic E-state index is 10.8. The average molecular weight is 215 g/mol. The van der Waals surface area contributed by atoms with Gasteiger partial charge < -0.3 is 10.8 Å². The number of primary amides is 1. The number of aryl methyl sites for hydroxylation is 1. The fraction of sp³-hybridized carbons (Fsp3) is 0.286. The van der Waals surface area contributed by atoms with Crippen molar-refractivity contribution in [1.82, 2.24) is 4.37 Å². The van der Waals surface area contributed by atoms with Gasteiger partial charge in [0.1, 0.15) is 10.6 Å². The lowest BCUT2D eigenvalue weighted by molar-refractivity contribution is 0.0697. The molecule has 0 spiro atoms. The van der Waals surface area contributed by atoms with Crippen molar-refractivity contribution < 1.29 is 14.7 Å². The first-order chi connectivity index (χ1) is 6.45. The van der Waals surface area contributed by atoms with Gasteiger partial charge in [-0.1, -0.05) is 0 Å². The summed E-state index contributed by atoms with van der Waals surface area (Å²) in [5.41, 5.74) is 5.42. The molecule has 1 heterocycles. The highest BCUT2D eigenvalue weighted by Crippen LogP contribution is 2.27. The Morgan fingerprint density at radius 2 is 2.14 bits per heavy atom. The van der Waals surface area contributed by atoms with Crippen molar-refractivity contribution in [2.24, 2.45) is 5.73 Å². The predicted octanol–water partition coefficient (Wildman–Crippen LogP) is 0.665. The van der Waals surface area contributed by atoms with E-state index in [1.165, 1.54) is 7.05 Å². The second kappa shape index (κ2) is 3.62. The Labute approximate surface area is 84.1 Å². The molecule has 1 rings (SSSR count). The molecular weight excluding hydrogens is 206 g/mol. The molecule has 6 nitrogen and oxygen atoms in total. The van der Waals surface area contributed by atoms with Crippen molar-refractivity contribution in [3.8, 4) is 0 Å². The van der Waals surface area contributed by atoms with Crippen molar-refractivity contribution in [1.29, 1.82) is 0 Å². The summed E-state index contributed by atoms with van der Waals surface area (Å²) < 4.78 is 3.85. The zero-order chi connectivity index (χ0) is 10.9. The van der Waals surface area contributed by atoms with Crippen molar-refractivity contribution >= 4 is 28.5 Å². The van der Waals surface area contributed by atoms with Crippen LogP contribution in [0.4, 0.5) is 9.80 Å². The predicted molar refractivity (Wildman–Crippen MR) is 51.8 cm³/mol. The first kappa shape index (κ1) is 10.5. The summed E-state index contributed by atoms with van der Waals surface area (Å²) in [6.45, 7) is 1.57. The number of hydrogen-bond donors (Lipinski definition) is 2. The number of nitrogens with two attached hydrogens (primary N) is 1. The molecule has 0 saturated heterocycles. The molecule has 0 aliphatic heterocycles. The second-order valence-electron chi connectivity index (χ2n) is 2.65. The zero-order valence-corrected chi connectivity index (χ0v) is 8.46. The summed E-state index contributed by atoms with van der Waals surface area (Å²) in [4.78, 5) is 22.7. The van der Waals surface area contributed by atoms with Gasteiger partial charge in [0, 0.05) is 7.05 Å². The third-order valence-electron chi connectivity index (χ3n) is 1.69. The van der Waals surface area contributed by atoms with Gasteiger partial charge in [0.2, 0.25) is 0 Å². The fourth-order valence-corrected chi connectivity index (χ4v) is 1.79. The quantitative estimate of drug-likeness (QED) is 0.757. The molecule has 7 heteroatoms. The molecule has 0 saturated carbocycles. The lowest BCUT2D eigenvalue weighted by Crippen LogP contribution is -2.32. The van der Waals surface area contributed by atoms with Gasteiger partial charge in [-0.2, -0.15) is 4.37 Å². The van der Waals surface area contributed by atoms with Crippen LogP contribution in [-0.2, 0) is 0 Å². The van der Waals surface area contributed by atoms with Gasteiger partial charge in [-0.15, -0.1) is 0 Å². The number of carbonyl (C=O) groups excluding carboxylic acids is 1. The first-order valence-corrected chi connectivity index (χ1v) is 4.45. The van der Waals surface area contributed by atoms with Crippen LogP contribution in [0.25, 0.3) is 0 Å². The third-order valence-corrected chi connectivity index (χ3v) is 2.71. The molecular formula is C7H9N3O3S. The lowest BCUT2D eigenvalue weighted by Gasteiger charge is -2.11. The molecule has 0 atom stereocenters. The number of anilines is 1. The van der Waals surface area contributed by atoms with Crippen molar-refractivity contribution in [2.45, 2.75) is 6.92 Å². The van der Waals surface area contributed by atoms with E-state index in [1.807, 2.05) is 0 Å². The summed E-state index contributed by atoms with van der Waals surface area (Å²) in [5, 5.41) is 9.11. The van der Waals surface area contributed by atoms with Crippen molar-refractivity contribution in [3.05, 3.63) is 11.3 Å². The Morgan fingerprint density at radius 3 is 2.57 bits per heavy atom. The Morgan fingerprint density at radius 1 is 1.57 bits per heavy atom. The van der Waals surface area contributed by atoms with E-state index in [1.54, 1.807) is 6.92 Å². The van der Waals surface area contributed by atoms with Gasteiger partial charge >= 0.3 is 12.0 Å². The highest BCUT2D eigenvalue weighted by atomic mass is 32.1. The van der Waals surface area contributed by atoms with E-state index in [9.17, 15) is 9.59 Å². The highest BCUT2D eigenvalue weighted by Gasteiger charge is 2.22. The van der Waals surface area contributed by atoms with Crippen LogP contribution >= 0.6 is 11.5 Å². The number of carboxylic acids is 1. The maximum absolute atomic E-state index is 10.8. The molecule has 1 aromatic heterocycles. The molecule has 0 unspecified atom stereocenters. The minimum absolute atomic E-state index is 0.0244. The SMILES string of the molecule is Cc1nsc(N(C)C(N)=O)c1C(=O)O. The standard InChI is InChI=1S/C7H9N3O3S/c1-3-4(6(11)12)5(14-9-3)10(2)7(8)13/h1-2H3,(H2,8,13)(H,11,12). The number of amides is 2. The molecule has 0 aromatic carbocycles. The summed E-state index contributed by atoms with van der Waals surface area (Å²) >= 11 is 0.935. The van der Waals surface area contributed by atoms with E-state index >= 15 is 0 Å². The van der Waals surface area contributed by atoms with Crippen molar-refractivity contribution in [2.75, 3.05) is 11.9 Å². The van der Waals surface area contributed by atoms with Crippen LogP contribution in [0.5, 0.6) is 0 Å².